The van der Waals surface area contributed by atoms with Gasteiger partial charge < -0.3 is 20.2 Å². The van der Waals surface area contributed by atoms with Crippen LogP contribution in [0.2, 0.25) is 0 Å². The Morgan fingerprint density at radius 3 is 2.12 bits per heavy atom. The fourth-order valence-corrected chi connectivity index (χ4v) is 3.73. The molecule has 9 heteroatoms. The van der Waals surface area contributed by atoms with Crippen molar-refractivity contribution < 1.29 is 29.0 Å². The van der Waals surface area contributed by atoms with Crippen LogP contribution in [0.1, 0.15) is 37.7 Å². The molecule has 0 radical (unpaired) electrons. The molecule has 2 aromatic rings. The molecule has 0 saturated heterocycles. The van der Waals surface area contributed by atoms with Crippen molar-refractivity contribution in [2.75, 3.05) is 12.8 Å². The standard InChI is InChI=1S/C23H31N2O6P/c26-22(27)10-6-1-2-7-15-24-23(28)21(25-17-32(29,30)31)16-18-11-13-20(14-12-18)19-8-4-3-5-9-19/h3-5,8-9,11-14,21,25H,1-2,6-7,10,15-17H2,(H,24,28)(H,26,27)(H2,29,30,31). The van der Waals surface area contributed by atoms with E-state index in [0.717, 1.165) is 29.5 Å². The number of rotatable bonds is 14. The summed E-state index contributed by atoms with van der Waals surface area (Å²) in [4.78, 5) is 41.5. The third-order valence-corrected chi connectivity index (χ3v) is 5.57. The number of nitrogens with one attached hydrogen (secondary N) is 2. The molecule has 8 nitrogen and oxygen atoms in total. The Morgan fingerprint density at radius 1 is 0.875 bits per heavy atom. The molecule has 0 fully saturated rings. The molecule has 1 amide bonds. The summed E-state index contributed by atoms with van der Waals surface area (Å²) in [5.41, 5.74) is 2.99. The van der Waals surface area contributed by atoms with Gasteiger partial charge in [0.25, 0.3) is 0 Å². The van der Waals surface area contributed by atoms with Crippen LogP contribution in [-0.2, 0) is 20.6 Å². The predicted octanol–water partition coefficient (Wildman–Crippen LogP) is 3.14. The number of benzene rings is 2. The summed E-state index contributed by atoms with van der Waals surface area (Å²) in [7, 11) is -4.30. The van der Waals surface area contributed by atoms with Gasteiger partial charge in [-0.2, -0.15) is 0 Å². The summed E-state index contributed by atoms with van der Waals surface area (Å²) in [5.74, 6) is -1.13. The smallest absolute Gasteiger partial charge is 0.339 e. The van der Waals surface area contributed by atoms with Gasteiger partial charge in [0, 0.05) is 13.0 Å². The zero-order valence-electron chi connectivity index (χ0n) is 17.9. The van der Waals surface area contributed by atoms with Gasteiger partial charge in [-0.3, -0.25) is 19.5 Å². The van der Waals surface area contributed by atoms with E-state index >= 15 is 0 Å². The highest BCUT2D eigenvalue weighted by atomic mass is 31.2. The number of carbonyl (C=O) groups excluding carboxylic acids is 1. The number of aliphatic carboxylic acids is 1. The number of carboxylic acids is 1. The first kappa shape index (κ1) is 25.7. The highest BCUT2D eigenvalue weighted by Gasteiger charge is 2.22. The lowest BCUT2D eigenvalue weighted by Gasteiger charge is -2.19. The molecule has 0 heterocycles. The highest BCUT2D eigenvalue weighted by Crippen LogP contribution is 2.32. The van der Waals surface area contributed by atoms with Crippen molar-refractivity contribution >= 4 is 19.5 Å². The van der Waals surface area contributed by atoms with E-state index in [4.69, 9.17) is 5.11 Å². The first-order valence-corrected chi connectivity index (χ1v) is 12.5. The van der Waals surface area contributed by atoms with Crippen molar-refractivity contribution in [3.8, 4) is 11.1 Å². The quantitative estimate of drug-likeness (QED) is 0.215. The molecule has 2 rings (SSSR count). The fourth-order valence-electron chi connectivity index (χ4n) is 3.28. The van der Waals surface area contributed by atoms with Gasteiger partial charge in [-0.1, -0.05) is 67.4 Å². The van der Waals surface area contributed by atoms with E-state index < -0.39 is 25.9 Å². The molecule has 0 aliphatic heterocycles. The molecule has 0 aliphatic rings. The SMILES string of the molecule is O=C(O)CCCCCCNC(=O)C(Cc1ccc(-c2ccccc2)cc1)NCP(=O)(O)O. The van der Waals surface area contributed by atoms with Crippen molar-refractivity contribution in [2.45, 2.75) is 44.6 Å². The zero-order valence-corrected chi connectivity index (χ0v) is 18.8. The maximum Gasteiger partial charge on any atom is 0.339 e. The van der Waals surface area contributed by atoms with Crippen LogP contribution in [0.3, 0.4) is 0 Å². The minimum Gasteiger partial charge on any atom is -0.481 e. The van der Waals surface area contributed by atoms with Gasteiger partial charge >= 0.3 is 13.6 Å². The molecular weight excluding hydrogens is 431 g/mol. The number of carboxylic acid groups (broad SMARTS) is 1. The Kier molecular flexibility index (Phi) is 10.6. The normalized spacial score (nSPS) is 12.3. The third kappa shape index (κ3) is 10.2. The van der Waals surface area contributed by atoms with E-state index in [1.54, 1.807) is 0 Å². The van der Waals surface area contributed by atoms with Crippen molar-refractivity contribution in [1.29, 1.82) is 0 Å². The van der Waals surface area contributed by atoms with Gasteiger partial charge in [-0.15, -0.1) is 0 Å². The first-order chi connectivity index (χ1) is 15.2. The zero-order chi connectivity index (χ0) is 23.4. The lowest BCUT2D eigenvalue weighted by molar-refractivity contribution is -0.137. The number of unbranched alkanes of at least 4 members (excludes halogenated alkanes) is 3. The number of carbonyl (C=O) groups is 2. The van der Waals surface area contributed by atoms with Crippen molar-refractivity contribution in [2.24, 2.45) is 0 Å². The third-order valence-electron chi connectivity index (χ3n) is 4.98. The van der Waals surface area contributed by atoms with Crippen LogP contribution in [0, 0.1) is 0 Å². The van der Waals surface area contributed by atoms with Gasteiger partial charge in [0.05, 0.1) is 12.3 Å². The lowest BCUT2D eigenvalue weighted by atomic mass is 10.0. The summed E-state index contributed by atoms with van der Waals surface area (Å²) in [6, 6.07) is 16.8. The Bertz CT molecular complexity index is 898. The van der Waals surface area contributed by atoms with Crippen LogP contribution < -0.4 is 10.6 Å². The number of hydrogen-bond acceptors (Lipinski definition) is 4. The fraction of sp³-hybridized carbons (Fsp3) is 0.391. The molecule has 0 saturated carbocycles. The molecule has 0 aliphatic carbocycles. The van der Waals surface area contributed by atoms with Gasteiger partial charge in [0.2, 0.25) is 5.91 Å². The van der Waals surface area contributed by atoms with Gasteiger partial charge in [-0.05, 0) is 36.0 Å². The average molecular weight is 462 g/mol. The van der Waals surface area contributed by atoms with Crippen LogP contribution in [-0.4, -0.2) is 45.6 Å². The second kappa shape index (κ2) is 13.1. The van der Waals surface area contributed by atoms with E-state index in [0.29, 0.717) is 25.8 Å². The van der Waals surface area contributed by atoms with E-state index in [9.17, 15) is 23.9 Å². The van der Waals surface area contributed by atoms with Crippen LogP contribution >= 0.6 is 7.60 Å². The molecule has 32 heavy (non-hydrogen) atoms. The molecule has 1 atom stereocenters. The largest absolute Gasteiger partial charge is 0.481 e. The van der Waals surface area contributed by atoms with Crippen LogP contribution in [0.5, 0.6) is 0 Å². The molecule has 2 aromatic carbocycles. The summed E-state index contributed by atoms with van der Waals surface area (Å²) >= 11 is 0. The van der Waals surface area contributed by atoms with Gasteiger partial charge in [0.1, 0.15) is 0 Å². The van der Waals surface area contributed by atoms with Gasteiger partial charge in [0.15, 0.2) is 0 Å². The summed E-state index contributed by atoms with van der Waals surface area (Å²) in [6.07, 6.45) is 2.74. The Hall–Kier alpha value is -2.51. The van der Waals surface area contributed by atoms with Crippen LogP contribution in [0.4, 0.5) is 0 Å². The maximum atomic E-state index is 12.6. The predicted molar refractivity (Wildman–Crippen MR) is 123 cm³/mol. The average Bonchev–Trinajstić information content (AvgIpc) is 2.76. The summed E-state index contributed by atoms with van der Waals surface area (Å²) < 4.78 is 11.3. The van der Waals surface area contributed by atoms with Crippen molar-refractivity contribution in [1.82, 2.24) is 10.6 Å². The molecule has 174 valence electrons. The van der Waals surface area contributed by atoms with E-state index in [2.05, 4.69) is 10.6 Å². The Labute approximate surface area is 188 Å². The minimum absolute atomic E-state index is 0.143. The Morgan fingerprint density at radius 2 is 1.50 bits per heavy atom. The van der Waals surface area contributed by atoms with Crippen molar-refractivity contribution in [3.63, 3.8) is 0 Å². The molecule has 0 bridgehead atoms. The Balaban J connectivity index is 1.90. The van der Waals surface area contributed by atoms with Gasteiger partial charge in [-0.25, -0.2) is 0 Å². The maximum absolute atomic E-state index is 12.6. The first-order valence-electron chi connectivity index (χ1n) is 10.7. The van der Waals surface area contributed by atoms with E-state index in [1.807, 2.05) is 54.6 Å². The van der Waals surface area contributed by atoms with E-state index in [-0.39, 0.29) is 12.3 Å². The highest BCUT2D eigenvalue weighted by molar-refractivity contribution is 7.51. The lowest BCUT2D eigenvalue weighted by Crippen LogP contribution is -2.46. The number of hydrogen-bond donors (Lipinski definition) is 5. The van der Waals surface area contributed by atoms with Crippen LogP contribution in [0.15, 0.2) is 54.6 Å². The second-order valence-electron chi connectivity index (χ2n) is 7.70. The molecule has 0 spiro atoms. The minimum atomic E-state index is -4.30. The monoisotopic (exact) mass is 462 g/mol. The molecule has 0 aromatic heterocycles. The molecule has 5 N–H and O–H groups in total. The second-order valence-corrected chi connectivity index (χ2v) is 9.34. The number of amides is 1. The topological polar surface area (TPSA) is 136 Å². The summed E-state index contributed by atoms with van der Waals surface area (Å²) in [5, 5.41) is 14.1. The molecule has 1 unspecified atom stereocenters. The summed E-state index contributed by atoms with van der Waals surface area (Å²) in [6.45, 7) is 0.424. The molecular formula is C23H31N2O6P. The van der Waals surface area contributed by atoms with E-state index in [1.165, 1.54) is 0 Å². The van der Waals surface area contributed by atoms with Crippen molar-refractivity contribution in [3.05, 3.63) is 60.2 Å². The van der Waals surface area contributed by atoms with Crippen LogP contribution in [0.25, 0.3) is 11.1 Å².